The van der Waals surface area contributed by atoms with E-state index in [-0.39, 0.29) is 23.9 Å². The Balaban J connectivity index is 1.54. The van der Waals surface area contributed by atoms with Gasteiger partial charge in [0.25, 0.3) is 0 Å². The summed E-state index contributed by atoms with van der Waals surface area (Å²) in [5.74, 6) is 0.330. The lowest BCUT2D eigenvalue weighted by Crippen LogP contribution is -2.39. The number of carbonyl (C=O) groups excluding carboxylic acids is 1. The summed E-state index contributed by atoms with van der Waals surface area (Å²) in [6.45, 7) is 0.328. The second-order valence-corrected chi connectivity index (χ2v) is 8.33. The molecular formula is C21H22N2O4S. The van der Waals surface area contributed by atoms with E-state index in [0.29, 0.717) is 12.4 Å². The number of amides is 1. The molecule has 0 aliphatic heterocycles. The van der Waals surface area contributed by atoms with Crippen molar-refractivity contribution in [3.05, 3.63) is 72.8 Å². The highest BCUT2D eigenvalue weighted by atomic mass is 32.2. The van der Waals surface area contributed by atoms with Crippen molar-refractivity contribution < 1.29 is 17.9 Å². The molecule has 0 aromatic heterocycles. The first-order chi connectivity index (χ1) is 13.5. The topological polar surface area (TPSA) is 75.7 Å². The Morgan fingerprint density at radius 1 is 0.964 bits per heavy atom. The summed E-state index contributed by atoms with van der Waals surface area (Å²) in [4.78, 5) is 12.2. The lowest BCUT2D eigenvalue weighted by Gasteiger charge is -2.17. The standard InChI is InChI=1S/C21H22N2O4S/c1-23(16-21(24)22-13-14-27-19-9-3-2-4-10-19)28(25,26)20-12-11-17-7-5-6-8-18(17)15-20/h2-12,15H,13-14,16H2,1H3,(H,22,24). The van der Waals surface area contributed by atoms with Crippen LogP contribution in [0, 0.1) is 0 Å². The number of fused-ring (bicyclic) bond motifs is 1. The number of ether oxygens (including phenoxy) is 1. The van der Waals surface area contributed by atoms with Gasteiger partial charge in [0, 0.05) is 7.05 Å². The second-order valence-electron chi connectivity index (χ2n) is 6.28. The van der Waals surface area contributed by atoms with Crippen molar-refractivity contribution in [3.63, 3.8) is 0 Å². The number of benzene rings is 3. The molecule has 0 saturated carbocycles. The van der Waals surface area contributed by atoms with Gasteiger partial charge in [-0.05, 0) is 35.0 Å². The SMILES string of the molecule is CN(CC(=O)NCCOc1ccccc1)S(=O)(=O)c1ccc2ccccc2c1. The average Bonchev–Trinajstić information content (AvgIpc) is 2.71. The third-order valence-corrected chi connectivity index (χ3v) is 6.03. The normalized spacial score (nSPS) is 11.5. The van der Waals surface area contributed by atoms with Crippen molar-refractivity contribution in [2.75, 3.05) is 26.7 Å². The summed E-state index contributed by atoms with van der Waals surface area (Å²) in [6, 6.07) is 21.7. The Labute approximate surface area is 164 Å². The highest BCUT2D eigenvalue weighted by molar-refractivity contribution is 7.89. The zero-order valence-corrected chi connectivity index (χ0v) is 16.4. The number of hydrogen-bond acceptors (Lipinski definition) is 4. The van der Waals surface area contributed by atoms with Crippen molar-refractivity contribution in [1.82, 2.24) is 9.62 Å². The van der Waals surface area contributed by atoms with Crippen LogP contribution in [-0.2, 0) is 14.8 Å². The maximum absolute atomic E-state index is 12.7. The third kappa shape index (κ3) is 4.88. The number of sulfonamides is 1. The molecule has 0 bridgehead atoms. The van der Waals surface area contributed by atoms with Crippen LogP contribution in [0.4, 0.5) is 0 Å². The lowest BCUT2D eigenvalue weighted by atomic mass is 10.1. The molecule has 1 amide bonds. The minimum absolute atomic E-state index is 0.161. The Morgan fingerprint density at radius 2 is 1.64 bits per heavy atom. The minimum atomic E-state index is -3.76. The first-order valence-corrected chi connectivity index (χ1v) is 10.3. The van der Waals surface area contributed by atoms with Crippen molar-refractivity contribution >= 4 is 26.7 Å². The van der Waals surface area contributed by atoms with E-state index in [4.69, 9.17) is 4.74 Å². The van der Waals surface area contributed by atoms with Gasteiger partial charge in [-0.2, -0.15) is 4.31 Å². The number of para-hydroxylation sites is 1. The molecule has 0 saturated heterocycles. The van der Waals surface area contributed by atoms with Gasteiger partial charge in [0.15, 0.2) is 0 Å². The molecule has 0 fully saturated rings. The zero-order chi connectivity index (χ0) is 20.0. The van der Waals surface area contributed by atoms with Gasteiger partial charge in [0.1, 0.15) is 12.4 Å². The van der Waals surface area contributed by atoms with Crippen LogP contribution in [0.5, 0.6) is 5.75 Å². The van der Waals surface area contributed by atoms with Crippen LogP contribution in [0.1, 0.15) is 0 Å². The molecule has 0 aliphatic rings. The van der Waals surface area contributed by atoms with Crippen molar-refractivity contribution in [3.8, 4) is 5.75 Å². The van der Waals surface area contributed by atoms with Crippen LogP contribution in [0.25, 0.3) is 10.8 Å². The van der Waals surface area contributed by atoms with Gasteiger partial charge in [-0.15, -0.1) is 0 Å². The third-order valence-electron chi connectivity index (χ3n) is 4.23. The molecule has 6 nitrogen and oxygen atoms in total. The molecule has 0 unspecified atom stereocenters. The van der Waals surface area contributed by atoms with E-state index >= 15 is 0 Å². The minimum Gasteiger partial charge on any atom is -0.492 e. The van der Waals surface area contributed by atoms with Crippen LogP contribution in [0.2, 0.25) is 0 Å². The molecule has 28 heavy (non-hydrogen) atoms. The summed E-state index contributed by atoms with van der Waals surface area (Å²) < 4.78 is 32.0. The molecule has 0 spiro atoms. The van der Waals surface area contributed by atoms with Crippen LogP contribution in [-0.4, -0.2) is 45.4 Å². The molecule has 146 valence electrons. The molecule has 3 aromatic carbocycles. The largest absolute Gasteiger partial charge is 0.492 e. The lowest BCUT2D eigenvalue weighted by molar-refractivity contribution is -0.121. The number of nitrogens with zero attached hydrogens (tertiary/aromatic N) is 1. The first kappa shape index (κ1) is 19.9. The highest BCUT2D eigenvalue weighted by Gasteiger charge is 2.23. The molecule has 3 aromatic rings. The van der Waals surface area contributed by atoms with Crippen LogP contribution < -0.4 is 10.1 Å². The van der Waals surface area contributed by atoms with Gasteiger partial charge in [0.2, 0.25) is 15.9 Å². The molecular weight excluding hydrogens is 376 g/mol. The molecule has 0 heterocycles. The van der Waals surface area contributed by atoms with Gasteiger partial charge in [-0.3, -0.25) is 4.79 Å². The molecule has 1 N–H and O–H groups in total. The van der Waals surface area contributed by atoms with Gasteiger partial charge >= 0.3 is 0 Å². The Kier molecular flexibility index (Phi) is 6.28. The summed E-state index contributed by atoms with van der Waals surface area (Å²) in [7, 11) is -2.36. The van der Waals surface area contributed by atoms with Crippen LogP contribution in [0.3, 0.4) is 0 Å². The Morgan fingerprint density at radius 3 is 2.39 bits per heavy atom. The fraction of sp³-hybridized carbons (Fsp3) is 0.190. The maximum Gasteiger partial charge on any atom is 0.243 e. The molecule has 0 aliphatic carbocycles. The summed E-state index contributed by atoms with van der Waals surface area (Å²) in [5, 5.41) is 4.46. The van der Waals surface area contributed by atoms with Gasteiger partial charge in [-0.25, -0.2) is 8.42 Å². The molecule has 0 atom stereocenters. The summed E-state index contributed by atoms with van der Waals surface area (Å²) >= 11 is 0. The van der Waals surface area contributed by atoms with E-state index in [1.54, 1.807) is 18.2 Å². The summed E-state index contributed by atoms with van der Waals surface area (Å²) in [5.41, 5.74) is 0. The number of rotatable bonds is 8. The van der Waals surface area contributed by atoms with Gasteiger partial charge in [-0.1, -0.05) is 48.5 Å². The van der Waals surface area contributed by atoms with E-state index in [0.717, 1.165) is 15.1 Å². The Hall–Kier alpha value is -2.90. The molecule has 0 radical (unpaired) electrons. The van der Waals surface area contributed by atoms with E-state index in [9.17, 15) is 13.2 Å². The molecule has 3 rings (SSSR count). The number of likely N-dealkylation sites (N-methyl/N-ethyl adjacent to an activating group) is 1. The number of hydrogen-bond donors (Lipinski definition) is 1. The van der Waals surface area contributed by atoms with Crippen molar-refractivity contribution in [2.24, 2.45) is 0 Å². The van der Waals surface area contributed by atoms with Gasteiger partial charge in [0.05, 0.1) is 18.0 Å². The quantitative estimate of drug-likeness (QED) is 0.592. The first-order valence-electron chi connectivity index (χ1n) is 8.86. The van der Waals surface area contributed by atoms with E-state index in [1.807, 2.05) is 54.6 Å². The highest BCUT2D eigenvalue weighted by Crippen LogP contribution is 2.21. The fourth-order valence-corrected chi connectivity index (χ4v) is 3.89. The van der Waals surface area contributed by atoms with E-state index in [1.165, 1.54) is 7.05 Å². The smallest absolute Gasteiger partial charge is 0.243 e. The monoisotopic (exact) mass is 398 g/mol. The van der Waals surface area contributed by atoms with Crippen molar-refractivity contribution in [2.45, 2.75) is 4.90 Å². The zero-order valence-electron chi connectivity index (χ0n) is 15.5. The van der Waals surface area contributed by atoms with Crippen LogP contribution in [0.15, 0.2) is 77.7 Å². The van der Waals surface area contributed by atoms with E-state index in [2.05, 4.69) is 5.32 Å². The van der Waals surface area contributed by atoms with Gasteiger partial charge < -0.3 is 10.1 Å². The van der Waals surface area contributed by atoms with Crippen LogP contribution >= 0.6 is 0 Å². The fourth-order valence-electron chi connectivity index (χ4n) is 2.73. The van der Waals surface area contributed by atoms with Crippen molar-refractivity contribution in [1.29, 1.82) is 0 Å². The average molecular weight is 398 g/mol. The summed E-state index contributed by atoms with van der Waals surface area (Å²) in [6.07, 6.45) is 0. The number of nitrogens with one attached hydrogen (secondary N) is 1. The predicted octanol–water partition coefficient (Wildman–Crippen LogP) is 2.66. The maximum atomic E-state index is 12.7. The second kappa shape index (κ2) is 8.86. The molecule has 7 heteroatoms. The number of carbonyl (C=O) groups is 1. The predicted molar refractivity (Wildman–Crippen MR) is 109 cm³/mol. The van der Waals surface area contributed by atoms with E-state index < -0.39 is 10.0 Å². The Bertz CT molecular complexity index is 1050.